The molecule has 0 amide bonds. The monoisotopic (exact) mass is 124 g/mol. The van der Waals surface area contributed by atoms with Crippen LogP contribution in [0.1, 0.15) is 20.3 Å². The van der Waals surface area contributed by atoms with Crippen LogP contribution in [-0.2, 0) is 4.79 Å². The Morgan fingerprint density at radius 1 is 1.78 bits per heavy atom. The van der Waals surface area contributed by atoms with Gasteiger partial charge in [0.15, 0.2) is 0 Å². The fourth-order valence-corrected chi connectivity index (χ4v) is 0.453. The van der Waals surface area contributed by atoms with Crippen molar-refractivity contribution in [2.75, 3.05) is 0 Å². The zero-order chi connectivity index (χ0) is 7.33. The number of carbonyl (C=O) groups is 1. The van der Waals surface area contributed by atoms with E-state index in [1.165, 1.54) is 0 Å². The fourth-order valence-electron chi connectivity index (χ4n) is 0.453. The lowest BCUT2D eigenvalue weighted by Gasteiger charge is -2.12. The average Bonchev–Trinajstić information content (AvgIpc) is 1.89. The summed E-state index contributed by atoms with van der Waals surface area (Å²) in [5.41, 5.74) is 2.26. The second-order valence-electron chi connectivity index (χ2n) is 2.33. The summed E-state index contributed by atoms with van der Waals surface area (Å²) in [7, 11) is 0. The molecular weight excluding hydrogens is 112 g/mol. The highest BCUT2D eigenvalue weighted by molar-refractivity contribution is 5.61. The van der Waals surface area contributed by atoms with E-state index in [9.17, 15) is 4.79 Å². The van der Waals surface area contributed by atoms with Crippen molar-refractivity contribution in [3.8, 4) is 0 Å². The maximum atomic E-state index is 10.3. The van der Waals surface area contributed by atoms with Gasteiger partial charge in [-0.2, -0.15) is 0 Å². The highest BCUT2D eigenvalue weighted by Gasteiger charge is 2.15. The molecule has 9 heavy (non-hydrogen) atoms. The van der Waals surface area contributed by atoms with E-state index in [-0.39, 0.29) is 5.41 Å². The first-order chi connectivity index (χ1) is 4.18. The van der Waals surface area contributed by atoms with Crippen LogP contribution in [0.2, 0.25) is 0 Å². The zero-order valence-electron chi connectivity index (χ0n) is 5.98. The van der Waals surface area contributed by atoms with E-state index in [0.29, 0.717) is 0 Å². The Bertz CT molecular complexity index is 143. The molecule has 0 aromatic heterocycles. The van der Waals surface area contributed by atoms with Crippen molar-refractivity contribution in [3.05, 3.63) is 18.4 Å². The quantitative estimate of drug-likeness (QED) is 0.415. The number of carbonyl (C=O) groups excluding carboxylic acids is 1. The highest BCUT2D eigenvalue weighted by atomic mass is 16.1. The summed E-state index contributed by atoms with van der Waals surface area (Å²) in [4.78, 5) is 10.3. The third kappa shape index (κ3) is 2.29. The summed E-state index contributed by atoms with van der Waals surface area (Å²) in [6.07, 6.45) is 3.42. The smallest absolute Gasteiger partial charge is 0.130 e. The number of hydrogen-bond acceptors (Lipinski definition) is 1. The third-order valence-electron chi connectivity index (χ3n) is 1.46. The first-order valence-corrected chi connectivity index (χ1v) is 3.02. The third-order valence-corrected chi connectivity index (χ3v) is 1.46. The molecule has 0 aliphatic carbocycles. The van der Waals surface area contributed by atoms with Gasteiger partial charge in [-0.3, -0.25) is 0 Å². The molecule has 0 aromatic carbocycles. The summed E-state index contributed by atoms with van der Waals surface area (Å²) >= 11 is 0. The van der Waals surface area contributed by atoms with Crippen molar-refractivity contribution in [2.45, 2.75) is 20.3 Å². The van der Waals surface area contributed by atoms with Crippen molar-refractivity contribution in [1.29, 1.82) is 0 Å². The number of rotatable bonds is 3. The van der Waals surface area contributed by atoms with E-state index >= 15 is 0 Å². The number of hydrogen-bond donors (Lipinski definition) is 0. The normalized spacial score (nSPS) is 15.3. The second kappa shape index (κ2) is 3.26. The molecule has 1 unspecified atom stereocenters. The SMILES string of the molecule is C=C=CC(C)(C=O)CC. The van der Waals surface area contributed by atoms with Gasteiger partial charge in [-0.15, -0.1) is 5.73 Å². The highest BCUT2D eigenvalue weighted by Crippen LogP contribution is 2.17. The number of aldehydes is 1. The molecule has 1 atom stereocenters. The summed E-state index contributed by atoms with van der Waals surface area (Å²) in [5.74, 6) is 0. The van der Waals surface area contributed by atoms with Gasteiger partial charge in [0.05, 0.1) is 0 Å². The van der Waals surface area contributed by atoms with E-state index in [0.717, 1.165) is 12.7 Å². The van der Waals surface area contributed by atoms with E-state index in [2.05, 4.69) is 12.3 Å². The summed E-state index contributed by atoms with van der Waals surface area (Å²) < 4.78 is 0. The molecular formula is C8H12O. The molecule has 0 aromatic rings. The van der Waals surface area contributed by atoms with Gasteiger partial charge in [0.2, 0.25) is 0 Å². The fraction of sp³-hybridized carbons (Fsp3) is 0.500. The summed E-state index contributed by atoms with van der Waals surface area (Å²) in [5, 5.41) is 0. The molecule has 0 aliphatic heterocycles. The van der Waals surface area contributed by atoms with Gasteiger partial charge >= 0.3 is 0 Å². The predicted octanol–water partition coefficient (Wildman–Crippen LogP) is 1.94. The Kier molecular flexibility index (Phi) is 2.97. The van der Waals surface area contributed by atoms with E-state index < -0.39 is 0 Å². The molecule has 0 saturated carbocycles. The maximum absolute atomic E-state index is 10.3. The molecule has 0 spiro atoms. The van der Waals surface area contributed by atoms with Crippen LogP contribution in [0.5, 0.6) is 0 Å². The Morgan fingerprint density at radius 3 is 2.44 bits per heavy atom. The Labute approximate surface area is 56.1 Å². The Morgan fingerprint density at radius 2 is 2.33 bits per heavy atom. The van der Waals surface area contributed by atoms with Crippen LogP contribution in [0.15, 0.2) is 18.4 Å². The van der Waals surface area contributed by atoms with Gasteiger partial charge in [0, 0.05) is 5.41 Å². The minimum atomic E-state index is -0.345. The minimum Gasteiger partial charge on any atom is -0.302 e. The van der Waals surface area contributed by atoms with Crippen LogP contribution in [-0.4, -0.2) is 6.29 Å². The van der Waals surface area contributed by atoms with Crippen LogP contribution < -0.4 is 0 Å². The van der Waals surface area contributed by atoms with E-state index in [4.69, 9.17) is 0 Å². The minimum absolute atomic E-state index is 0.345. The van der Waals surface area contributed by atoms with Crippen molar-refractivity contribution >= 4 is 6.29 Å². The lowest BCUT2D eigenvalue weighted by Crippen LogP contribution is -2.12. The van der Waals surface area contributed by atoms with Gasteiger partial charge in [0.25, 0.3) is 0 Å². The van der Waals surface area contributed by atoms with Crippen molar-refractivity contribution in [3.63, 3.8) is 0 Å². The average molecular weight is 124 g/mol. The van der Waals surface area contributed by atoms with Crippen LogP contribution in [0.4, 0.5) is 0 Å². The molecule has 0 radical (unpaired) electrons. The first kappa shape index (κ1) is 8.19. The molecule has 0 saturated heterocycles. The van der Waals surface area contributed by atoms with Crippen molar-refractivity contribution < 1.29 is 4.79 Å². The van der Waals surface area contributed by atoms with Crippen molar-refractivity contribution in [2.24, 2.45) is 5.41 Å². The maximum Gasteiger partial charge on any atom is 0.130 e. The van der Waals surface area contributed by atoms with E-state index in [1.807, 2.05) is 13.8 Å². The van der Waals surface area contributed by atoms with Gasteiger partial charge in [0.1, 0.15) is 6.29 Å². The second-order valence-corrected chi connectivity index (χ2v) is 2.33. The molecule has 1 heteroatoms. The Balaban J connectivity index is 4.26. The first-order valence-electron chi connectivity index (χ1n) is 3.02. The summed E-state index contributed by atoms with van der Waals surface area (Å²) in [6, 6.07) is 0. The van der Waals surface area contributed by atoms with Gasteiger partial charge in [-0.1, -0.05) is 13.5 Å². The predicted molar refractivity (Wildman–Crippen MR) is 38.2 cm³/mol. The standard InChI is InChI=1S/C8H12O/c1-4-6-8(3,5-2)7-9/h6-7H,1,5H2,2-3H3. The zero-order valence-corrected chi connectivity index (χ0v) is 5.98. The van der Waals surface area contributed by atoms with Gasteiger partial charge in [-0.25, -0.2) is 0 Å². The van der Waals surface area contributed by atoms with Crippen LogP contribution in [0.25, 0.3) is 0 Å². The lowest BCUT2D eigenvalue weighted by atomic mass is 9.90. The molecule has 0 bridgehead atoms. The van der Waals surface area contributed by atoms with Gasteiger partial charge in [-0.05, 0) is 19.4 Å². The molecule has 1 nitrogen and oxygen atoms in total. The van der Waals surface area contributed by atoms with Crippen molar-refractivity contribution in [1.82, 2.24) is 0 Å². The molecule has 0 N–H and O–H groups in total. The molecule has 0 rings (SSSR count). The number of allylic oxidation sites excluding steroid dienone is 1. The molecule has 0 fully saturated rings. The molecule has 0 heterocycles. The lowest BCUT2D eigenvalue weighted by molar-refractivity contribution is -0.113. The topological polar surface area (TPSA) is 17.1 Å². The summed E-state index contributed by atoms with van der Waals surface area (Å²) in [6.45, 7) is 7.22. The molecule has 50 valence electrons. The van der Waals surface area contributed by atoms with Crippen LogP contribution in [0.3, 0.4) is 0 Å². The largest absolute Gasteiger partial charge is 0.302 e. The van der Waals surface area contributed by atoms with Gasteiger partial charge < -0.3 is 4.79 Å². The van der Waals surface area contributed by atoms with E-state index in [1.54, 1.807) is 6.08 Å². The van der Waals surface area contributed by atoms with Crippen LogP contribution in [0, 0.1) is 5.41 Å². The molecule has 0 aliphatic rings. The van der Waals surface area contributed by atoms with Crippen LogP contribution >= 0.6 is 0 Å². The Hall–Kier alpha value is -0.810.